The van der Waals surface area contributed by atoms with Crippen LogP contribution in [0.15, 0.2) is 24.3 Å². The lowest BCUT2D eigenvalue weighted by Gasteiger charge is -2.25. The third-order valence-corrected chi connectivity index (χ3v) is 3.21. The van der Waals surface area contributed by atoms with Gasteiger partial charge in [0.2, 0.25) is 0 Å². The quantitative estimate of drug-likeness (QED) is 0.792. The van der Waals surface area contributed by atoms with Gasteiger partial charge in [-0.3, -0.25) is 4.79 Å². The van der Waals surface area contributed by atoms with Crippen LogP contribution in [-0.4, -0.2) is 43.4 Å². The van der Waals surface area contributed by atoms with E-state index in [1.807, 2.05) is 19.0 Å². The number of ketones is 1. The van der Waals surface area contributed by atoms with Crippen molar-refractivity contribution < 1.29 is 9.59 Å². The lowest BCUT2D eigenvalue weighted by Crippen LogP contribution is -2.46. The van der Waals surface area contributed by atoms with E-state index in [1.165, 1.54) is 6.92 Å². The molecule has 1 rings (SSSR count). The second-order valence-electron chi connectivity index (χ2n) is 5.85. The number of Topliss-reactive ketones (excluding diaryl/α,β-unsaturated/α-hetero) is 1. The van der Waals surface area contributed by atoms with Crippen LogP contribution < -0.4 is 10.6 Å². The lowest BCUT2D eigenvalue weighted by atomic mass is 10.0. The van der Waals surface area contributed by atoms with Crippen molar-refractivity contribution in [1.29, 1.82) is 0 Å². The predicted molar refractivity (Wildman–Crippen MR) is 85.8 cm³/mol. The maximum absolute atomic E-state index is 12.1. The second-order valence-corrected chi connectivity index (χ2v) is 5.85. The molecule has 2 N–H and O–H groups in total. The Balaban J connectivity index is 2.67. The van der Waals surface area contributed by atoms with Crippen LogP contribution in [-0.2, 0) is 0 Å². The maximum atomic E-state index is 12.1. The first-order valence-corrected chi connectivity index (χ1v) is 7.13. The molecule has 1 aromatic rings. The van der Waals surface area contributed by atoms with E-state index in [9.17, 15) is 9.59 Å². The SMILES string of the molecule is CC(=O)c1cccc(NC(=O)NC(CN(C)C)C(C)C)c1. The van der Waals surface area contributed by atoms with Crippen LogP contribution in [0.5, 0.6) is 0 Å². The summed E-state index contributed by atoms with van der Waals surface area (Å²) in [5.74, 6) is 0.313. The van der Waals surface area contributed by atoms with Gasteiger partial charge in [-0.2, -0.15) is 0 Å². The fraction of sp³-hybridized carbons (Fsp3) is 0.500. The molecule has 1 unspecified atom stereocenters. The van der Waals surface area contributed by atoms with E-state index >= 15 is 0 Å². The number of nitrogens with one attached hydrogen (secondary N) is 2. The Morgan fingerprint density at radius 1 is 1.24 bits per heavy atom. The van der Waals surface area contributed by atoms with E-state index < -0.39 is 0 Å². The summed E-state index contributed by atoms with van der Waals surface area (Å²) in [6, 6.07) is 6.74. The average Bonchev–Trinajstić information content (AvgIpc) is 2.37. The monoisotopic (exact) mass is 291 g/mol. The minimum Gasteiger partial charge on any atom is -0.334 e. The van der Waals surface area contributed by atoms with Crippen LogP contribution in [0.1, 0.15) is 31.1 Å². The molecule has 21 heavy (non-hydrogen) atoms. The van der Waals surface area contributed by atoms with Gasteiger partial charge in [-0.25, -0.2) is 4.79 Å². The molecule has 0 heterocycles. The van der Waals surface area contributed by atoms with Crippen molar-refractivity contribution in [2.75, 3.05) is 26.0 Å². The van der Waals surface area contributed by atoms with Gasteiger partial charge in [-0.05, 0) is 39.1 Å². The highest BCUT2D eigenvalue weighted by Gasteiger charge is 2.17. The zero-order chi connectivity index (χ0) is 16.0. The first kappa shape index (κ1) is 17.2. The number of carbonyl (C=O) groups excluding carboxylic acids is 2. The summed E-state index contributed by atoms with van der Waals surface area (Å²) in [5, 5.41) is 5.74. The smallest absolute Gasteiger partial charge is 0.319 e. The largest absolute Gasteiger partial charge is 0.334 e. The van der Waals surface area contributed by atoms with Crippen LogP contribution >= 0.6 is 0 Å². The maximum Gasteiger partial charge on any atom is 0.319 e. The van der Waals surface area contributed by atoms with E-state index in [1.54, 1.807) is 24.3 Å². The summed E-state index contributed by atoms with van der Waals surface area (Å²) in [6.45, 7) is 6.43. The van der Waals surface area contributed by atoms with Gasteiger partial charge in [-0.1, -0.05) is 26.0 Å². The fourth-order valence-corrected chi connectivity index (χ4v) is 1.97. The van der Waals surface area contributed by atoms with Crippen molar-refractivity contribution in [3.05, 3.63) is 29.8 Å². The third-order valence-electron chi connectivity index (χ3n) is 3.21. The molecule has 0 aliphatic rings. The minimum atomic E-state index is -0.253. The summed E-state index contributed by atoms with van der Waals surface area (Å²) in [7, 11) is 3.95. The first-order valence-electron chi connectivity index (χ1n) is 7.13. The van der Waals surface area contributed by atoms with Gasteiger partial charge in [0, 0.05) is 23.8 Å². The molecule has 0 aliphatic heterocycles. The van der Waals surface area contributed by atoms with Crippen molar-refractivity contribution in [2.45, 2.75) is 26.8 Å². The molecule has 0 aliphatic carbocycles. The van der Waals surface area contributed by atoms with Crippen LogP contribution in [0.25, 0.3) is 0 Å². The van der Waals surface area contributed by atoms with Gasteiger partial charge >= 0.3 is 6.03 Å². The van der Waals surface area contributed by atoms with Gasteiger partial charge in [0.25, 0.3) is 0 Å². The topological polar surface area (TPSA) is 61.4 Å². The number of likely N-dealkylation sites (N-methyl/N-ethyl adjacent to an activating group) is 1. The van der Waals surface area contributed by atoms with E-state index in [2.05, 4.69) is 24.5 Å². The summed E-state index contributed by atoms with van der Waals surface area (Å²) < 4.78 is 0. The first-order chi connectivity index (χ1) is 9.79. The van der Waals surface area contributed by atoms with Gasteiger partial charge in [-0.15, -0.1) is 0 Å². The number of nitrogens with zero attached hydrogens (tertiary/aromatic N) is 1. The molecular weight excluding hydrogens is 266 g/mol. The molecule has 1 aromatic carbocycles. The third kappa shape index (κ3) is 5.95. The summed E-state index contributed by atoms with van der Waals surface area (Å²) in [4.78, 5) is 25.4. The summed E-state index contributed by atoms with van der Waals surface area (Å²) in [6.07, 6.45) is 0. The summed E-state index contributed by atoms with van der Waals surface area (Å²) in [5.41, 5.74) is 1.20. The van der Waals surface area contributed by atoms with Crippen LogP contribution in [0.2, 0.25) is 0 Å². The minimum absolute atomic E-state index is 0.0216. The van der Waals surface area contributed by atoms with Crippen LogP contribution in [0.3, 0.4) is 0 Å². The Kier molecular flexibility index (Phi) is 6.37. The molecule has 5 nitrogen and oxygen atoms in total. The van der Waals surface area contributed by atoms with Gasteiger partial charge in [0.15, 0.2) is 5.78 Å². The van der Waals surface area contributed by atoms with E-state index in [4.69, 9.17) is 0 Å². The van der Waals surface area contributed by atoms with Crippen molar-refractivity contribution in [3.8, 4) is 0 Å². The Hall–Kier alpha value is -1.88. The molecule has 1 atom stereocenters. The van der Waals surface area contributed by atoms with Crippen LogP contribution in [0.4, 0.5) is 10.5 Å². The highest BCUT2D eigenvalue weighted by Crippen LogP contribution is 2.11. The Morgan fingerprint density at radius 3 is 2.43 bits per heavy atom. The van der Waals surface area contributed by atoms with E-state index in [0.717, 1.165) is 6.54 Å². The van der Waals surface area contributed by atoms with E-state index in [-0.39, 0.29) is 17.9 Å². The highest BCUT2D eigenvalue weighted by atomic mass is 16.2. The summed E-state index contributed by atoms with van der Waals surface area (Å²) >= 11 is 0. The van der Waals surface area contributed by atoms with Gasteiger partial charge in [0.1, 0.15) is 0 Å². The van der Waals surface area contributed by atoms with Crippen molar-refractivity contribution in [1.82, 2.24) is 10.2 Å². The molecule has 0 radical (unpaired) electrons. The molecule has 0 saturated heterocycles. The molecule has 2 amide bonds. The number of hydrogen-bond donors (Lipinski definition) is 2. The number of hydrogen-bond acceptors (Lipinski definition) is 3. The van der Waals surface area contributed by atoms with Crippen molar-refractivity contribution >= 4 is 17.5 Å². The van der Waals surface area contributed by atoms with Gasteiger partial charge < -0.3 is 15.5 Å². The normalized spacial score (nSPS) is 12.3. The highest BCUT2D eigenvalue weighted by molar-refractivity contribution is 5.96. The molecule has 0 saturated carbocycles. The lowest BCUT2D eigenvalue weighted by molar-refractivity contribution is 0.101. The van der Waals surface area contributed by atoms with E-state index in [0.29, 0.717) is 17.2 Å². The Labute approximate surface area is 126 Å². The zero-order valence-electron chi connectivity index (χ0n) is 13.4. The predicted octanol–water partition coefficient (Wildman–Crippen LogP) is 2.60. The number of anilines is 1. The zero-order valence-corrected chi connectivity index (χ0v) is 13.4. The van der Waals surface area contributed by atoms with Gasteiger partial charge in [0.05, 0.1) is 0 Å². The molecular formula is C16H25N3O2. The average molecular weight is 291 g/mol. The molecule has 0 fully saturated rings. The molecule has 0 spiro atoms. The molecule has 116 valence electrons. The molecule has 5 heteroatoms. The Morgan fingerprint density at radius 2 is 1.90 bits per heavy atom. The second kappa shape index (κ2) is 7.78. The number of urea groups is 1. The Bertz CT molecular complexity index is 498. The number of carbonyl (C=O) groups is 2. The van der Waals surface area contributed by atoms with Crippen molar-refractivity contribution in [2.24, 2.45) is 5.92 Å². The standard InChI is InChI=1S/C16H25N3O2/c1-11(2)15(10-19(4)5)18-16(21)17-14-8-6-7-13(9-14)12(3)20/h6-9,11,15H,10H2,1-5H3,(H2,17,18,21). The molecule has 0 aromatic heterocycles. The van der Waals surface area contributed by atoms with Crippen LogP contribution in [0, 0.1) is 5.92 Å². The molecule has 0 bridgehead atoms. The number of benzene rings is 1. The van der Waals surface area contributed by atoms with Crippen molar-refractivity contribution in [3.63, 3.8) is 0 Å². The fourth-order valence-electron chi connectivity index (χ4n) is 1.97. The number of rotatable bonds is 6. The number of amides is 2.